The summed E-state index contributed by atoms with van der Waals surface area (Å²) in [5, 5.41) is 19.0. The van der Waals surface area contributed by atoms with Crippen LogP contribution < -0.4 is 0 Å². The van der Waals surface area contributed by atoms with E-state index in [-0.39, 0.29) is 16.9 Å². The van der Waals surface area contributed by atoms with Crippen LogP contribution in [0.15, 0.2) is 22.6 Å². The van der Waals surface area contributed by atoms with Crippen molar-refractivity contribution in [1.82, 2.24) is 0 Å². The molecule has 2 rings (SSSR count). The SMILES string of the molecule is Cc1cc2ccc(C(=O)O)c(O)c2o1. The zero-order valence-corrected chi connectivity index (χ0v) is 7.44. The number of fused-ring (bicyclic) bond motifs is 1. The Morgan fingerprint density at radius 2 is 2.14 bits per heavy atom. The number of rotatable bonds is 1. The normalized spacial score (nSPS) is 10.6. The Labute approximate surface area is 79.4 Å². The molecule has 0 aliphatic heterocycles. The molecule has 0 saturated heterocycles. The second-order valence-corrected chi connectivity index (χ2v) is 3.04. The second kappa shape index (κ2) is 2.77. The summed E-state index contributed by atoms with van der Waals surface area (Å²) >= 11 is 0. The van der Waals surface area contributed by atoms with E-state index >= 15 is 0 Å². The third-order valence-electron chi connectivity index (χ3n) is 2.01. The van der Waals surface area contributed by atoms with E-state index in [1.165, 1.54) is 6.07 Å². The van der Waals surface area contributed by atoms with Gasteiger partial charge in [-0.1, -0.05) is 0 Å². The fourth-order valence-electron chi connectivity index (χ4n) is 1.39. The first-order chi connectivity index (χ1) is 6.59. The maximum atomic E-state index is 10.7. The number of aryl methyl sites for hydroxylation is 1. The highest BCUT2D eigenvalue weighted by Gasteiger charge is 2.15. The van der Waals surface area contributed by atoms with Crippen molar-refractivity contribution in [2.45, 2.75) is 6.92 Å². The standard InChI is InChI=1S/C10H8O4/c1-5-4-6-2-3-7(10(12)13)8(11)9(6)14-5/h2-4,11H,1H3,(H,12,13). The van der Waals surface area contributed by atoms with Crippen LogP contribution in [0.5, 0.6) is 5.75 Å². The average Bonchev–Trinajstić information content (AvgIpc) is 2.46. The van der Waals surface area contributed by atoms with Gasteiger partial charge in [0, 0.05) is 5.39 Å². The van der Waals surface area contributed by atoms with Gasteiger partial charge >= 0.3 is 5.97 Å². The summed E-state index contributed by atoms with van der Waals surface area (Å²) in [6.07, 6.45) is 0. The maximum Gasteiger partial charge on any atom is 0.339 e. The Kier molecular flexibility index (Phi) is 1.70. The van der Waals surface area contributed by atoms with E-state index < -0.39 is 5.97 Å². The third kappa shape index (κ3) is 1.12. The first-order valence-corrected chi connectivity index (χ1v) is 4.05. The van der Waals surface area contributed by atoms with Crippen LogP contribution in [-0.2, 0) is 0 Å². The smallest absolute Gasteiger partial charge is 0.339 e. The van der Waals surface area contributed by atoms with E-state index in [1.807, 2.05) is 0 Å². The molecular weight excluding hydrogens is 184 g/mol. The van der Waals surface area contributed by atoms with Crippen molar-refractivity contribution in [2.75, 3.05) is 0 Å². The van der Waals surface area contributed by atoms with Gasteiger partial charge < -0.3 is 14.6 Å². The van der Waals surface area contributed by atoms with Crippen LogP contribution >= 0.6 is 0 Å². The molecule has 14 heavy (non-hydrogen) atoms. The summed E-state index contributed by atoms with van der Waals surface area (Å²) in [6, 6.07) is 4.70. The van der Waals surface area contributed by atoms with Crippen molar-refractivity contribution in [2.24, 2.45) is 0 Å². The number of furan rings is 1. The van der Waals surface area contributed by atoms with Crippen LogP contribution in [0.3, 0.4) is 0 Å². The van der Waals surface area contributed by atoms with Gasteiger partial charge in [-0.15, -0.1) is 0 Å². The van der Waals surface area contributed by atoms with Gasteiger partial charge in [0.2, 0.25) is 0 Å². The summed E-state index contributed by atoms with van der Waals surface area (Å²) in [5.74, 6) is -0.848. The molecule has 4 heteroatoms. The quantitative estimate of drug-likeness (QED) is 0.726. The van der Waals surface area contributed by atoms with Gasteiger partial charge in [-0.25, -0.2) is 4.79 Å². The van der Waals surface area contributed by atoms with Gasteiger partial charge in [0.25, 0.3) is 0 Å². The zero-order chi connectivity index (χ0) is 10.3. The zero-order valence-electron chi connectivity index (χ0n) is 7.44. The molecule has 1 aromatic carbocycles. The van der Waals surface area contributed by atoms with Crippen molar-refractivity contribution in [3.8, 4) is 5.75 Å². The van der Waals surface area contributed by atoms with Gasteiger partial charge in [-0.05, 0) is 25.1 Å². The van der Waals surface area contributed by atoms with Crippen LogP contribution in [0.4, 0.5) is 0 Å². The average molecular weight is 192 g/mol. The number of phenols is 1. The molecule has 0 amide bonds. The fraction of sp³-hybridized carbons (Fsp3) is 0.100. The summed E-state index contributed by atoms with van der Waals surface area (Å²) in [4.78, 5) is 10.7. The minimum Gasteiger partial charge on any atom is -0.504 e. The van der Waals surface area contributed by atoms with Gasteiger partial charge in [0.05, 0.1) is 0 Å². The molecule has 4 nitrogen and oxygen atoms in total. The Bertz CT molecular complexity index is 510. The molecular formula is C10H8O4. The summed E-state index contributed by atoms with van der Waals surface area (Å²) in [5.41, 5.74) is 0.0780. The van der Waals surface area contributed by atoms with Crippen molar-refractivity contribution in [1.29, 1.82) is 0 Å². The van der Waals surface area contributed by atoms with Crippen LogP contribution in [0.1, 0.15) is 16.1 Å². The highest BCUT2D eigenvalue weighted by atomic mass is 16.4. The van der Waals surface area contributed by atoms with Crippen LogP contribution in [0, 0.1) is 6.92 Å². The molecule has 0 radical (unpaired) electrons. The van der Waals surface area contributed by atoms with Gasteiger partial charge in [0.1, 0.15) is 11.3 Å². The first kappa shape index (κ1) is 8.62. The molecule has 72 valence electrons. The lowest BCUT2D eigenvalue weighted by Gasteiger charge is -1.98. The number of carbonyl (C=O) groups is 1. The van der Waals surface area contributed by atoms with Crippen molar-refractivity contribution < 1.29 is 19.4 Å². The Balaban J connectivity index is 2.80. The minimum absolute atomic E-state index is 0.146. The lowest BCUT2D eigenvalue weighted by Crippen LogP contribution is -1.95. The number of carboxylic acid groups (broad SMARTS) is 1. The van der Waals surface area contributed by atoms with Crippen molar-refractivity contribution in [3.63, 3.8) is 0 Å². The Morgan fingerprint density at radius 1 is 1.43 bits per heavy atom. The minimum atomic E-state index is -1.17. The van der Waals surface area contributed by atoms with E-state index in [0.29, 0.717) is 11.1 Å². The van der Waals surface area contributed by atoms with Crippen LogP contribution in [0.2, 0.25) is 0 Å². The number of carboxylic acids is 1. The largest absolute Gasteiger partial charge is 0.504 e. The van der Waals surface area contributed by atoms with E-state index in [4.69, 9.17) is 9.52 Å². The van der Waals surface area contributed by atoms with E-state index in [1.54, 1.807) is 19.1 Å². The fourth-order valence-corrected chi connectivity index (χ4v) is 1.39. The van der Waals surface area contributed by atoms with E-state index in [0.717, 1.165) is 0 Å². The number of benzene rings is 1. The molecule has 0 aliphatic carbocycles. The van der Waals surface area contributed by atoms with Gasteiger partial charge in [0.15, 0.2) is 11.3 Å². The molecule has 2 aromatic rings. The van der Waals surface area contributed by atoms with Crippen molar-refractivity contribution in [3.05, 3.63) is 29.5 Å². The predicted octanol–water partition coefficient (Wildman–Crippen LogP) is 2.15. The molecule has 0 fully saturated rings. The molecule has 1 aromatic heterocycles. The molecule has 0 aliphatic rings. The monoisotopic (exact) mass is 192 g/mol. The van der Waals surface area contributed by atoms with E-state index in [2.05, 4.69) is 0 Å². The van der Waals surface area contributed by atoms with E-state index in [9.17, 15) is 9.90 Å². The molecule has 2 N–H and O–H groups in total. The first-order valence-electron chi connectivity index (χ1n) is 4.05. The Morgan fingerprint density at radius 3 is 2.79 bits per heavy atom. The molecule has 1 heterocycles. The number of aromatic hydroxyl groups is 1. The lowest BCUT2D eigenvalue weighted by atomic mass is 10.1. The molecule has 0 saturated carbocycles. The van der Waals surface area contributed by atoms with Gasteiger partial charge in [-0.2, -0.15) is 0 Å². The number of hydrogen-bond donors (Lipinski definition) is 2. The van der Waals surface area contributed by atoms with Crippen LogP contribution in [0.25, 0.3) is 11.0 Å². The second-order valence-electron chi connectivity index (χ2n) is 3.04. The third-order valence-corrected chi connectivity index (χ3v) is 2.01. The van der Waals surface area contributed by atoms with Crippen molar-refractivity contribution >= 4 is 16.9 Å². The summed E-state index contributed by atoms with van der Waals surface area (Å²) in [6.45, 7) is 1.74. The molecule has 0 unspecified atom stereocenters. The number of hydrogen-bond acceptors (Lipinski definition) is 3. The number of aromatic carboxylic acids is 1. The Hall–Kier alpha value is -1.97. The molecule has 0 atom stereocenters. The summed E-state index contributed by atoms with van der Waals surface area (Å²) in [7, 11) is 0. The highest BCUT2D eigenvalue weighted by Crippen LogP contribution is 2.30. The summed E-state index contributed by atoms with van der Waals surface area (Å²) < 4.78 is 5.18. The topological polar surface area (TPSA) is 70.7 Å². The molecule has 0 spiro atoms. The van der Waals surface area contributed by atoms with Crippen LogP contribution in [-0.4, -0.2) is 16.2 Å². The maximum absolute atomic E-state index is 10.7. The lowest BCUT2D eigenvalue weighted by molar-refractivity contribution is 0.0694. The van der Waals surface area contributed by atoms with Gasteiger partial charge in [-0.3, -0.25) is 0 Å². The highest BCUT2D eigenvalue weighted by molar-refractivity contribution is 5.98. The molecule has 0 bridgehead atoms. The predicted molar refractivity (Wildman–Crippen MR) is 49.6 cm³/mol.